The maximum atomic E-state index is 12.1. The molecule has 3 nitrogen and oxygen atoms in total. The summed E-state index contributed by atoms with van der Waals surface area (Å²) in [6.07, 6.45) is 1.36. The fourth-order valence-electron chi connectivity index (χ4n) is 1.95. The third-order valence-electron chi connectivity index (χ3n) is 3.15. The zero-order valence-corrected chi connectivity index (χ0v) is 15.2. The van der Waals surface area contributed by atoms with Crippen LogP contribution >= 0.6 is 27.7 Å². The van der Waals surface area contributed by atoms with Gasteiger partial charge in [-0.05, 0) is 42.8 Å². The van der Waals surface area contributed by atoms with Crippen molar-refractivity contribution in [3.05, 3.63) is 58.6 Å². The number of carbonyl (C=O) groups is 2. The molecule has 0 unspecified atom stereocenters. The van der Waals surface area contributed by atoms with E-state index in [1.54, 1.807) is 0 Å². The number of anilines is 1. The van der Waals surface area contributed by atoms with Gasteiger partial charge in [0.15, 0.2) is 5.78 Å². The lowest BCUT2D eigenvalue weighted by Gasteiger charge is -2.06. The predicted molar refractivity (Wildman–Crippen MR) is 99.2 cm³/mol. The fourth-order valence-corrected chi connectivity index (χ4v) is 3.01. The number of hydrogen-bond donors (Lipinski definition) is 1. The van der Waals surface area contributed by atoms with Crippen molar-refractivity contribution in [2.24, 2.45) is 0 Å². The number of nitrogens with one attached hydrogen (secondary N) is 1. The first-order chi connectivity index (χ1) is 11.1. The summed E-state index contributed by atoms with van der Waals surface area (Å²) in [5, 5.41) is 2.85. The van der Waals surface area contributed by atoms with Gasteiger partial charge >= 0.3 is 0 Å². The molecule has 23 heavy (non-hydrogen) atoms. The lowest BCUT2D eigenvalue weighted by atomic mass is 10.2. The first kappa shape index (κ1) is 17.8. The second-order valence-electron chi connectivity index (χ2n) is 5.04. The average molecular weight is 392 g/mol. The van der Waals surface area contributed by atoms with Crippen molar-refractivity contribution >= 4 is 45.1 Å². The van der Waals surface area contributed by atoms with Crippen molar-refractivity contribution in [1.82, 2.24) is 0 Å². The van der Waals surface area contributed by atoms with Crippen LogP contribution in [0.4, 0.5) is 5.69 Å². The molecule has 0 atom stereocenters. The van der Waals surface area contributed by atoms with Crippen LogP contribution in [0, 0.1) is 0 Å². The number of thioether (sulfide) groups is 1. The molecule has 0 saturated heterocycles. The third kappa shape index (κ3) is 5.84. The van der Waals surface area contributed by atoms with Gasteiger partial charge in [0.2, 0.25) is 5.91 Å². The molecule has 0 heterocycles. The number of hydrogen-bond acceptors (Lipinski definition) is 3. The molecule has 1 amide bonds. The Morgan fingerprint density at radius 3 is 2.30 bits per heavy atom. The maximum absolute atomic E-state index is 12.1. The van der Waals surface area contributed by atoms with E-state index in [4.69, 9.17) is 0 Å². The summed E-state index contributed by atoms with van der Waals surface area (Å²) in [4.78, 5) is 24.7. The molecule has 0 aliphatic carbocycles. The van der Waals surface area contributed by atoms with Crippen LogP contribution in [-0.2, 0) is 4.79 Å². The molecule has 0 spiro atoms. The van der Waals surface area contributed by atoms with Gasteiger partial charge in [0.1, 0.15) is 0 Å². The smallest absolute Gasteiger partial charge is 0.224 e. The summed E-state index contributed by atoms with van der Waals surface area (Å²) >= 11 is 4.85. The standard InChI is InChI=1S/C18H18BrNO2S/c1-2-3-18(22)20-15-8-10-16(11-9-15)23-12-17(21)13-4-6-14(19)7-5-13/h4-11H,2-3,12H2,1H3,(H,20,22). The number of Topliss-reactive ketones (excluding diaryl/α,β-unsaturated/α-hetero) is 1. The largest absolute Gasteiger partial charge is 0.326 e. The van der Waals surface area contributed by atoms with E-state index in [0.29, 0.717) is 17.7 Å². The van der Waals surface area contributed by atoms with E-state index in [9.17, 15) is 9.59 Å². The van der Waals surface area contributed by atoms with Crippen LogP contribution in [0.25, 0.3) is 0 Å². The van der Waals surface area contributed by atoms with Crippen LogP contribution in [0.2, 0.25) is 0 Å². The summed E-state index contributed by atoms with van der Waals surface area (Å²) in [6, 6.07) is 14.9. The van der Waals surface area contributed by atoms with Crippen LogP contribution in [0.5, 0.6) is 0 Å². The highest BCUT2D eigenvalue weighted by Crippen LogP contribution is 2.22. The molecule has 1 N–H and O–H groups in total. The summed E-state index contributed by atoms with van der Waals surface area (Å²) in [5.74, 6) is 0.518. The number of carbonyl (C=O) groups excluding carboxylic acids is 2. The Morgan fingerprint density at radius 2 is 1.70 bits per heavy atom. The normalized spacial score (nSPS) is 10.3. The SMILES string of the molecule is CCCC(=O)Nc1ccc(SCC(=O)c2ccc(Br)cc2)cc1. The van der Waals surface area contributed by atoms with Gasteiger partial charge in [-0.25, -0.2) is 0 Å². The lowest BCUT2D eigenvalue weighted by molar-refractivity contribution is -0.116. The molecule has 5 heteroatoms. The first-order valence-electron chi connectivity index (χ1n) is 7.40. The fraction of sp³-hybridized carbons (Fsp3) is 0.222. The molecular weight excluding hydrogens is 374 g/mol. The molecule has 0 fully saturated rings. The molecular formula is C18H18BrNO2S. The zero-order valence-electron chi connectivity index (χ0n) is 12.8. The van der Waals surface area contributed by atoms with Crippen molar-refractivity contribution in [3.63, 3.8) is 0 Å². The van der Waals surface area contributed by atoms with Crippen LogP contribution in [0.1, 0.15) is 30.1 Å². The molecule has 0 aliphatic rings. The second-order valence-corrected chi connectivity index (χ2v) is 7.01. The van der Waals surface area contributed by atoms with Gasteiger partial charge in [0.05, 0.1) is 5.75 Å². The monoisotopic (exact) mass is 391 g/mol. The van der Waals surface area contributed by atoms with E-state index in [1.165, 1.54) is 11.8 Å². The number of ketones is 1. The molecule has 0 radical (unpaired) electrons. The number of rotatable bonds is 7. The van der Waals surface area contributed by atoms with Gasteiger partial charge in [0, 0.05) is 27.0 Å². The number of halogens is 1. The lowest BCUT2D eigenvalue weighted by Crippen LogP contribution is -2.10. The van der Waals surface area contributed by atoms with Crippen LogP contribution in [0.3, 0.4) is 0 Å². The van der Waals surface area contributed by atoms with Gasteiger partial charge in [-0.1, -0.05) is 35.0 Å². The Labute approximate surface area is 149 Å². The topological polar surface area (TPSA) is 46.2 Å². The molecule has 2 rings (SSSR count). The van der Waals surface area contributed by atoms with Crippen molar-refractivity contribution in [3.8, 4) is 0 Å². The van der Waals surface area contributed by atoms with Gasteiger partial charge < -0.3 is 5.32 Å². The van der Waals surface area contributed by atoms with E-state index in [1.807, 2.05) is 55.5 Å². The Bertz CT molecular complexity index is 668. The van der Waals surface area contributed by atoms with E-state index in [2.05, 4.69) is 21.2 Å². The minimum Gasteiger partial charge on any atom is -0.326 e. The van der Waals surface area contributed by atoms with Gasteiger partial charge in [-0.15, -0.1) is 11.8 Å². The van der Waals surface area contributed by atoms with Crippen LogP contribution in [0.15, 0.2) is 57.9 Å². The highest BCUT2D eigenvalue weighted by Gasteiger charge is 2.07. The van der Waals surface area contributed by atoms with Crippen molar-refractivity contribution < 1.29 is 9.59 Å². The number of amides is 1. The van der Waals surface area contributed by atoms with Gasteiger partial charge in [-0.3, -0.25) is 9.59 Å². The highest BCUT2D eigenvalue weighted by atomic mass is 79.9. The van der Waals surface area contributed by atoms with Crippen LogP contribution < -0.4 is 5.32 Å². The minimum absolute atomic E-state index is 0.0262. The summed E-state index contributed by atoms with van der Waals surface area (Å²) < 4.78 is 0.961. The first-order valence-corrected chi connectivity index (χ1v) is 9.18. The van der Waals surface area contributed by atoms with Gasteiger partial charge in [0.25, 0.3) is 0 Å². The van der Waals surface area contributed by atoms with Crippen molar-refractivity contribution in [2.75, 3.05) is 11.1 Å². The molecule has 2 aromatic rings. The highest BCUT2D eigenvalue weighted by molar-refractivity contribution is 9.10. The molecule has 0 bridgehead atoms. The van der Waals surface area contributed by atoms with E-state index < -0.39 is 0 Å². The van der Waals surface area contributed by atoms with Crippen LogP contribution in [-0.4, -0.2) is 17.4 Å². The second kappa shape index (κ2) is 8.89. The molecule has 0 aromatic heterocycles. The molecule has 120 valence electrons. The summed E-state index contributed by atoms with van der Waals surface area (Å²) in [5.41, 5.74) is 1.50. The van der Waals surface area contributed by atoms with E-state index >= 15 is 0 Å². The van der Waals surface area contributed by atoms with Crippen molar-refractivity contribution in [1.29, 1.82) is 0 Å². The summed E-state index contributed by atoms with van der Waals surface area (Å²) in [6.45, 7) is 1.97. The molecule has 0 saturated carbocycles. The Kier molecular flexibility index (Phi) is 6.86. The third-order valence-corrected chi connectivity index (χ3v) is 4.69. The zero-order chi connectivity index (χ0) is 16.7. The van der Waals surface area contributed by atoms with Crippen molar-refractivity contribution in [2.45, 2.75) is 24.7 Å². The maximum Gasteiger partial charge on any atom is 0.224 e. The molecule has 0 aliphatic heterocycles. The number of benzene rings is 2. The quantitative estimate of drug-likeness (QED) is 0.523. The Balaban J connectivity index is 1.87. The van der Waals surface area contributed by atoms with E-state index in [0.717, 1.165) is 21.5 Å². The molecule has 2 aromatic carbocycles. The predicted octanol–water partition coefficient (Wildman–Crippen LogP) is 5.16. The Hall–Kier alpha value is -1.59. The van der Waals surface area contributed by atoms with Gasteiger partial charge in [-0.2, -0.15) is 0 Å². The van der Waals surface area contributed by atoms with E-state index in [-0.39, 0.29) is 11.7 Å². The Morgan fingerprint density at radius 1 is 1.04 bits per heavy atom. The minimum atomic E-state index is 0.0262. The average Bonchev–Trinajstić information content (AvgIpc) is 2.55. The summed E-state index contributed by atoms with van der Waals surface area (Å²) in [7, 11) is 0.